The van der Waals surface area contributed by atoms with Crippen molar-refractivity contribution in [3.63, 3.8) is 0 Å². The fraction of sp³-hybridized carbons (Fsp3) is 0.571. The van der Waals surface area contributed by atoms with Gasteiger partial charge in [-0.2, -0.15) is 0 Å². The summed E-state index contributed by atoms with van der Waals surface area (Å²) in [5.41, 5.74) is -0.565. The smallest absolute Gasteiger partial charge is 0.315 e. The first-order valence-electron chi connectivity index (χ1n) is 6.79. The van der Waals surface area contributed by atoms with Gasteiger partial charge in [0, 0.05) is 17.2 Å². The van der Waals surface area contributed by atoms with Crippen LogP contribution in [0.1, 0.15) is 33.1 Å². The van der Waals surface area contributed by atoms with Crippen LogP contribution in [0.4, 0.5) is 10.1 Å². The van der Waals surface area contributed by atoms with Crippen molar-refractivity contribution in [2.24, 2.45) is 5.41 Å². The third-order valence-electron chi connectivity index (χ3n) is 4.45. The van der Waals surface area contributed by atoms with Crippen molar-refractivity contribution in [1.29, 1.82) is 0 Å². The Morgan fingerprint density at radius 3 is 2.62 bits per heavy atom. The molecule has 1 aliphatic carbocycles. The summed E-state index contributed by atoms with van der Waals surface area (Å²) in [5, 5.41) is 11.1. The Hall–Kier alpha value is -0.880. The number of nitro groups is 1. The fourth-order valence-electron chi connectivity index (χ4n) is 2.95. The molecule has 2 rings (SSSR count). The third-order valence-corrected chi connectivity index (χ3v) is 5.65. The standard InChI is InChI=1S/C14H16BrClFNO3/c1-3-14(4-2)11(16)7-12(14)21-13-9(15)5-8(17)6-10(13)18(19)20/h5-6,11-12H,3-4,7H2,1-2H3. The zero-order valence-corrected chi connectivity index (χ0v) is 14.1. The molecule has 0 radical (unpaired) electrons. The molecule has 21 heavy (non-hydrogen) atoms. The quantitative estimate of drug-likeness (QED) is 0.407. The largest absolute Gasteiger partial charge is 0.482 e. The molecule has 1 aromatic rings. The molecule has 116 valence electrons. The second kappa shape index (κ2) is 6.08. The maximum absolute atomic E-state index is 13.3. The van der Waals surface area contributed by atoms with Crippen molar-refractivity contribution in [3.05, 3.63) is 32.5 Å². The van der Waals surface area contributed by atoms with Crippen molar-refractivity contribution >= 4 is 33.2 Å². The highest BCUT2D eigenvalue weighted by Gasteiger charge is 2.54. The van der Waals surface area contributed by atoms with Gasteiger partial charge in [0.05, 0.1) is 15.5 Å². The number of benzene rings is 1. The Morgan fingerprint density at radius 1 is 1.52 bits per heavy atom. The SMILES string of the molecule is CCC1(CC)C(Cl)CC1Oc1c(Br)cc(F)cc1[N+](=O)[O-]. The monoisotopic (exact) mass is 379 g/mol. The van der Waals surface area contributed by atoms with E-state index in [0.717, 1.165) is 18.9 Å². The van der Waals surface area contributed by atoms with Crippen molar-refractivity contribution < 1.29 is 14.1 Å². The highest BCUT2D eigenvalue weighted by atomic mass is 79.9. The van der Waals surface area contributed by atoms with Gasteiger partial charge >= 0.3 is 5.69 Å². The minimum atomic E-state index is -0.679. The van der Waals surface area contributed by atoms with E-state index in [0.29, 0.717) is 6.42 Å². The first-order valence-corrected chi connectivity index (χ1v) is 8.02. The molecule has 1 saturated carbocycles. The lowest BCUT2D eigenvalue weighted by Crippen LogP contribution is -2.56. The molecule has 0 saturated heterocycles. The van der Waals surface area contributed by atoms with Crippen LogP contribution < -0.4 is 4.74 Å². The van der Waals surface area contributed by atoms with E-state index < -0.39 is 10.7 Å². The van der Waals surface area contributed by atoms with Crippen LogP contribution in [0.2, 0.25) is 0 Å². The maximum atomic E-state index is 13.3. The Labute approximate surface area is 135 Å². The minimum absolute atomic E-state index is 0.00391. The Bertz CT molecular complexity index is 565. The summed E-state index contributed by atoms with van der Waals surface area (Å²) in [4.78, 5) is 10.5. The summed E-state index contributed by atoms with van der Waals surface area (Å²) in [6.45, 7) is 4.06. The third kappa shape index (κ3) is 2.75. The molecule has 0 aromatic heterocycles. The van der Waals surface area contributed by atoms with Crippen LogP contribution in [-0.4, -0.2) is 16.4 Å². The van der Waals surface area contributed by atoms with Gasteiger partial charge in [0.25, 0.3) is 0 Å². The number of hydrogen-bond donors (Lipinski definition) is 0. The molecule has 7 heteroatoms. The normalized spacial score (nSPS) is 23.5. The van der Waals surface area contributed by atoms with Gasteiger partial charge < -0.3 is 4.74 Å². The maximum Gasteiger partial charge on any atom is 0.315 e. The average molecular weight is 381 g/mol. The molecule has 0 aliphatic heterocycles. The number of nitrogens with zero attached hydrogens (tertiary/aromatic N) is 1. The van der Waals surface area contributed by atoms with Crippen LogP contribution in [-0.2, 0) is 0 Å². The number of rotatable bonds is 5. The Kier molecular flexibility index (Phi) is 4.78. The molecule has 1 fully saturated rings. The van der Waals surface area contributed by atoms with Crippen LogP contribution in [0.25, 0.3) is 0 Å². The van der Waals surface area contributed by atoms with E-state index in [4.69, 9.17) is 16.3 Å². The van der Waals surface area contributed by atoms with Crippen LogP contribution in [0, 0.1) is 21.3 Å². The number of alkyl halides is 1. The van der Waals surface area contributed by atoms with Gasteiger partial charge in [0.2, 0.25) is 5.75 Å². The van der Waals surface area contributed by atoms with Gasteiger partial charge in [-0.15, -0.1) is 11.6 Å². The lowest BCUT2D eigenvalue weighted by atomic mass is 9.62. The summed E-state index contributed by atoms with van der Waals surface area (Å²) in [6, 6.07) is 2.04. The van der Waals surface area contributed by atoms with Gasteiger partial charge in [-0.1, -0.05) is 13.8 Å². The molecule has 1 aliphatic rings. The van der Waals surface area contributed by atoms with Crippen molar-refractivity contribution in [3.8, 4) is 5.75 Å². The fourth-order valence-corrected chi connectivity index (χ4v) is 4.08. The number of halogens is 3. The van der Waals surface area contributed by atoms with Gasteiger partial charge in [-0.25, -0.2) is 4.39 Å². The number of hydrogen-bond acceptors (Lipinski definition) is 3. The van der Waals surface area contributed by atoms with E-state index in [1.165, 1.54) is 6.07 Å². The second-order valence-electron chi connectivity index (χ2n) is 5.24. The lowest BCUT2D eigenvalue weighted by molar-refractivity contribution is -0.386. The molecule has 4 nitrogen and oxygen atoms in total. The van der Waals surface area contributed by atoms with Gasteiger partial charge in [-0.05, 0) is 34.8 Å². The number of nitro benzene ring substituents is 1. The van der Waals surface area contributed by atoms with E-state index in [1.54, 1.807) is 0 Å². The zero-order chi connectivity index (χ0) is 15.8. The predicted octanol–water partition coefficient (Wildman–Crippen LogP) is 5.06. The Balaban J connectivity index is 2.34. The molecule has 0 heterocycles. The minimum Gasteiger partial charge on any atom is -0.482 e. The predicted molar refractivity (Wildman–Crippen MR) is 82.4 cm³/mol. The van der Waals surface area contributed by atoms with E-state index in [9.17, 15) is 14.5 Å². The van der Waals surface area contributed by atoms with E-state index in [1.807, 2.05) is 13.8 Å². The van der Waals surface area contributed by atoms with E-state index >= 15 is 0 Å². The highest BCUT2D eigenvalue weighted by Crippen LogP contribution is 2.53. The lowest BCUT2D eigenvalue weighted by Gasteiger charge is -2.52. The highest BCUT2D eigenvalue weighted by molar-refractivity contribution is 9.10. The Morgan fingerprint density at radius 2 is 2.14 bits per heavy atom. The molecular weight excluding hydrogens is 365 g/mol. The summed E-state index contributed by atoms with van der Waals surface area (Å²) in [5.74, 6) is -0.608. The van der Waals surface area contributed by atoms with E-state index in [2.05, 4.69) is 15.9 Å². The van der Waals surface area contributed by atoms with Crippen LogP contribution in [0.15, 0.2) is 16.6 Å². The molecule has 1 aromatic carbocycles. The summed E-state index contributed by atoms with van der Waals surface area (Å²) in [7, 11) is 0. The van der Waals surface area contributed by atoms with Crippen LogP contribution >= 0.6 is 27.5 Å². The molecular formula is C14H16BrClFNO3. The van der Waals surface area contributed by atoms with E-state index in [-0.39, 0.29) is 32.8 Å². The zero-order valence-electron chi connectivity index (χ0n) is 11.7. The molecule has 0 spiro atoms. The van der Waals surface area contributed by atoms with Crippen molar-refractivity contribution in [1.82, 2.24) is 0 Å². The summed E-state index contributed by atoms with van der Waals surface area (Å²) in [6.07, 6.45) is 2.09. The van der Waals surface area contributed by atoms with Gasteiger partial charge in [0.15, 0.2) is 0 Å². The molecule has 0 N–H and O–H groups in total. The topological polar surface area (TPSA) is 52.4 Å². The second-order valence-corrected chi connectivity index (χ2v) is 6.62. The first-order chi connectivity index (χ1) is 9.85. The van der Waals surface area contributed by atoms with Crippen LogP contribution in [0.3, 0.4) is 0 Å². The molecule has 0 amide bonds. The molecule has 2 atom stereocenters. The molecule has 0 bridgehead atoms. The van der Waals surface area contributed by atoms with Gasteiger partial charge in [-0.3, -0.25) is 10.1 Å². The van der Waals surface area contributed by atoms with Crippen molar-refractivity contribution in [2.45, 2.75) is 44.6 Å². The summed E-state index contributed by atoms with van der Waals surface area (Å²) < 4.78 is 19.4. The summed E-state index contributed by atoms with van der Waals surface area (Å²) >= 11 is 9.46. The first kappa shape index (κ1) is 16.5. The van der Waals surface area contributed by atoms with Crippen molar-refractivity contribution in [2.75, 3.05) is 0 Å². The van der Waals surface area contributed by atoms with Crippen LogP contribution in [0.5, 0.6) is 5.75 Å². The van der Waals surface area contributed by atoms with Gasteiger partial charge in [0.1, 0.15) is 11.9 Å². The number of ether oxygens (including phenoxy) is 1. The average Bonchev–Trinajstić information content (AvgIpc) is 2.41. The molecule has 2 unspecified atom stereocenters.